The van der Waals surface area contributed by atoms with Crippen LogP contribution >= 0.6 is 11.6 Å². The maximum Gasteiger partial charge on any atom is 0.329 e. The summed E-state index contributed by atoms with van der Waals surface area (Å²) >= 11 is 6.27. The molecule has 0 radical (unpaired) electrons. The normalized spacial score (nSPS) is 11.9. The Hall–Kier alpha value is -2.87. The average Bonchev–Trinajstić information content (AvgIpc) is 2.98. The number of hydrogen-bond donors (Lipinski definition) is 2. The minimum absolute atomic E-state index is 0.276. The number of nitrogens with zero attached hydrogens (tertiary/aromatic N) is 4. The molecule has 0 spiro atoms. The molecule has 0 atom stereocenters. The van der Waals surface area contributed by atoms with E-state index in [0.29, 0.717) is 17.5 Å². The quantitative estimate of drug-likeness (QED) is 0.529. The second-order valence-corrected chi connectivity index (χ2v) is 6.32. The van der Waals surface area contributed by atoms with Crippen molar-refractivity contribution in [3.8, 4) is 0 Å². The van der Waals surface area contributed by atoms with Crippen LogP contribution < -0.4 is 16.7 Å². The highest BCUT2D eigenvalue weighted by Crippen LogP contribution is 2.21. The van der Waals surface area contributed by atoms with Gasteiger partial charge >= 0.3 is 5.69 Å². The van der Waals surface area contributed by atoms with Gasteiger partial charge in [0.05, 0.1) is 6.54 Å². The standard InChI is InChI=1S/C17H19ClN6O2/c1-4-10(2)21-22-16-19-14-13(15(25)20-17(26)23(14)3)24(16)9-11-7-5-6-8-12(11)18/h5-8H,4,9H2,1-3H3,(H,19,22)(H,20,25,26)/b21-10+. The lowest BCUT2D eigenvalue weighted by Crippen LogP contribution is -2.29. The Morgan fingerprint density at radius 1 is 1.35 bits per heavy atom. The van der Waals surface area contributed by atoms with E-state index in [0.717, 1.165) is 17.7 Å². The number of aromatic amines is 1. The molecule has 3 aromatic rings. The number of halogens is 1. The molecule has 0 unspecified atom stereocenters. The molecule has 0 amide bonds. The van der Waals surface area contributed by atoms with E-state index in [1.165, 1.54) is 4.57 Å². The van der Waals surface area contributed by atoms with Gasteiger partial charge in [0.25, 0.3) is 5.56 Å². The van der Waals surface area contributed by atoms with E-state index in [4.69, 9.17) is 11.6 Å². The smallest absolute Gasteiger partial charge is 0.298 e. The van der Waals surface area contributed by atoms with Crippen LogP contribution in [-0.2, 0) is 13.6 Å². The van der Waals surface area contributed by atoms with Crippen LogP contribution in [0.15, 0.2) is 39.0 Å². The molecule has 9 heteroatoms. The van der Waals surface area contributed by atoms with Gasteiger partial charge < -0.3 is 0 Å². The minimum atomic E-state index is -0.523. The van der Waals surface area contributed by atoms with Crippen LogP contribution in [0.4, 0.5) is 5.95 Å². The van der Waals surface area contributed by atoms with Crippen molar-refractivity contribution >= 4 is 34.4 Å². The van der Waals surface area contributed by atoms with Crippen molar-refractivity contribution in [3.63, 3.8) is 0 Å². The van der Waals surface area contributed by atoms with Gasteiger partial charge in [-0.15, -0.1) is 0 Å². The van der Waals surface area contributed by atoms with E-state index < -0.39 is 11.2 Å². The number of imidazole rings is 1. The molecule has 1 aromatic carbocycles. The van der Waals surface area contributed by atoms with Crippen LogP contribution in [0.5, 0.6) is 0 Å². The number of hydrazone groups is 1. The Kier molecular flexibility index (Phi) is 4.94. The summed E-state index contributed by atoms with van der Waals surface area (Å²) in [5, 5.41) is 4.84. The topological polar surface area (TPSA) is 97.1 Å². The largest absolute Gasteiger partial charge is 0.329 e. The Balaban J connectivity index is 2.23. The number of rotatable bonds is 5. The summed E-state index contributed by atoms with van der Waals surface area (Å²) in [5.74, 6) is 0.361. The van der Waals surface area contributed by atoms with Crippen LogP contribution in [0, 0.1) is 0 Å². The SMILES string of the molecule is CC/C(C)=N/Nc1nc2c(c(=O)[nH]c(=O)n2C)n1Cc1ccccc1Cl. The Morgan fingerprint density at radius 2 is 2.08 bits per heavy atom. The fourth-order valence-electron chi connectivity index (χ4n) is 2.50. The summed E-state index contributed by atoms with van der Waals surface area (Å²) in [6.45, 7) is 4.18. The third-order valence-electron chi connectivity index (χ3n) is 4.15. The number of aromatic nitrogens is 4. The highest BCUT2D eigenvalue weighted by Gasteiger charge is 2.18. The molecular weight excluding hydrogens is 356 g/mol. The summed E-state index contributed by atoms with van der Waals surface area (Å²) in [5.41, 5.74) is 4.12. The number of anilines is 1. The van der Waals surface area contributed by atoms with Gasteiger partial charge in [0.15, 0.2) is 11.2 Å². The van der Waals surface area contributed by atoms with E-state index in [1.54, 1.807) is 17.7 Å². The van der Waals surface area contributed by atoms with Gasteiger partial charge in [0, 0.05) is 17.8 Å². The van der Waals surface area contributed by atoms with Crippen molar-refractivity contribution in [2.75, 3.05) is 5.43 Å². The Morgan fingerprint density at radius 3 is 2.77 bits per heavy atom. The van der Waals surface area contributed by atoms with E-state index in [-0.39, 0.29) is 11.2 Å². The Labute approximate surface area is 154 Å². The molecule has 2 aromatic heterocycles. The second-order valence-electron chi connectivity index (χ2n) is 5.92. The summed E-state index contributed by atoms with van der Waals surface area (Å²) in [7, 11) is 1.55. The molecular formula is C17H19ClN6O2. The molecule has 0 fully saturated rings. The van der Waals surface area contributed by atoms with Gasteiger partial charge in [-0.3, -0.25) is 18.9 Å². The molecule has 0 aliphatic carbocycles. The van der Waals surface area contributed by atoms with Crippen molar-refractivity contribution in [2.45, 2.75) is 26.8 Å². The van der Waals surface area contributed by atoms with E-state index in [1.807, 2.05) is 32.0 Å². The molecule has 2 heterocycles. The molecule has 8 nitrogen and oxygen atoms in total. The predicted molar refractivity (Wildman–Crippen MR) is 103 cm³/mol. The molecule has 0 saturated heterocycles. The summed E-state index contributed by atoms with van der Waals surface area (Å²) in [6, 6.07) is 7.35. The number of aryl methyl sites for hydroxylation is 1. The lowest BCUT2D eigenvalue weighted by Gasteiger charge is -2.10. The number of fused-ring (bicyclic) bond motifs is 1. The fourth-order valence-corrected chi connectivity index (χ4v) is 2.69. The summed E-state index contributed by atoms with van der Waals surface area (Å²) < 4.78 is 2.96. The lowest BCUT2D eigenvalue weighted by molar-refractivity contribution is 0.808. The molecule has 0 aliphatic rings. The minimum Gasteiger partial charge on any atom is -0.298 e. The van der Waals surface area contributed by atoms with E-state index in [2.05, 4.69) is 20.5 Å². The van der Waals surface area contributed by atoms with Crippen molar-refractivity contribution < 1.29 is 0 Å². The van der Waals surface area contributed by atoms with Gasteiger partial charge in [0.1, 0.15) is 0 Å². The van der Waals surface area contributed by atoms with Crippen molar-refractivity contribution in [1.29, 1.82) is 0 Å². The zero-order chi connectivity index (χ0) is 18.8. The first-order valence-electron chi connectivity index (χ1n) is 8.14. The molecule has 3 rings (SSSR count). The molecule has 0 aliphatic heterocycles. The van der Waals surface area contributed by atoms with Crippen LogP contribution in [0.25, 0.3) is 11.2 Å². The number of hydrogen-bond acceptors (Lipinski definition) is 5. The third-order valence-corrected chi connectivity index (χ3v) is 4.52. The average molecular weight is 375 g/mol. The number of benzene rings is 1. The van der Waals surface area contributed by atoms with Crippen molar-refractivity contribution in [1.82, 2.24) is 19.1 Å². The fraction of sp³-hybridized carbons (Fsp3) is 0.294. The van der Waals surface area contributed by atoms with Crippen molar-refractivity contribution in [3.05, 3.63) is 55.7 Å². The van der Waals surface area contributed by atoms with Gasteiger partial charge in [-0.05, 0) is 25.0 Å². The van der Waals surface area contributed by atoms with Gasteiger partial charge in [-0.2, -0.15) is 10.1 Å². The predicted octanol–water partition coefficient (Wildman–Crippen LogP) is 2.32. The van der Waals surface area contributed by atoms with Crippen LogP contribution in [0.3, 0.4) is 0 Å². The monoisotopic (exact) mass is 374 g/mol. The van der Waals surface area contributed by atoms with E-state index in [9.17, 15) is 9.59 Å². The maximum atomic E-state index is 12.4. The first-order valence-corrected chi connectivity index (χ1v) is 8.52. The molecule has 2 N–H and O–H groups in total. The maximum absolute atomic E-state index is 12.4. The first-order chi connectivity index (χ1) is 12.4. The Bertz CT molecular complexity index is 1110. The van der Waals surface area contributed by atoms with Crippen LogP contribution in [0.2, 0.25) is 5.02 Å². The zero-order valence-electron chi connectivity index (χ0n) is 14.7. The van der Waals surface area contributed by atoms with Gasteiger partial charge in [-0.25, -0.2) is 10.2 Å². The first kappa shape index (κ1) is 17.9. The molecule has 26 heavy (non-hydrogen) atoms. The molecule has 136 valence electrons. The summed E-state index contributed by atoms with van der Waals surface area (Å²) in [6.07, 6.45) is 0.775. The van der Waals surface area contributed by atoms with Crippen LogP contribution in [-0.4, -0.2) is 24.8 Å². The van der Waals surface area contributed by atoms with Gasteiger partial charge in [0.2, 0.25) is 5.95 Å². The summed E-state index contributed by atoms with van der Waals surface area (Å²) in [4.78, 5) is 31.0. The number of H-pyrrole nitrogens is 1. The zero-order valence-corrected chi connectivity index (χ0v) is 15.5. The van der Waals surface area contributed by atoms with Gasteiger partial charge in [-0.1, -0.05) is 36.7 Å². The third kappa shape index (κ3) is 3.28. The second kappa shape index (κ2) is 7.17. The van der Waals surface area contributed by atoms with E-state index >= 15 is 0 Å². The van der Waals surface area contributed by atoms with Crippen molar-refractivity contribution in [2.24, 2.45) is 12.1 Å². The highest BCUT2D eigenvalue weighted by molar-refractivity contribution is 6.31. The number of nitrogens with one attached hydrogen (secondary N) is 2. The molecule has 0 bridgehead atoms. The lowest BCUT2D eigenvalue weighted by atomic mass is 10.2. The van der Waals surface area contributed by atoms with Crippen LogP contribution in [0.1, 0.15) is 25.8 Å². The molecule has 0 saturated carbocycles. The highest BCUT2D eigenvalue weighted by atomic mass is 35.5.